The fourth-order valence-corrected chi connectivity index (χ4v) is 1.31. The van der Waals surface area contributed by atoms with Gasteiger partial charge >= 0.3 is 0 Å². The van der Waals surface area contributed by atoms with Crippen molar-refractivity contribution in [3.8, 4) is 0 Å². The molecule has 0 saturated carbocycles. The third-order valence-electron chi connectivity index (χ3n) is 2.13. The second-order valence-electron chi connectivity index (χ2n) is 4.83. The SMILES string of the molecule is CC(C)(C)ON[C@H](C=O)C(=C=O)c1ccccc1. The highest BCUT2D eigenvalue weighted by molar-refractivity contribution is 5.97. The number of hydroxylamine groups is 1. The minimum atomic E-state index is -0.830. The number of hydrogen-bond acceptors (Lipinski definition) is 4. The van der Waals surface area contributed by atoms with Gasteiger partial charge in [0.2, 0.25) is 0 Å². The van der Waals surface area contributed by atoms with E-state index in [1.165, 1.54) is 0 Å². The fraction of sp³-hybridized carbons (Fsp3) is 0.357. The van der Waals surface area contributed by atoms with E-state index in [0.717, 1.165) is 0 Å². The quantitative estimate of drug-likeness (QED) is 0.489. The first-order chi connectivity index (χ1) is 8.48. The first-order valence-corrected chi connectivity index (χ1v) is 5.67. The Morgan fingerprint density at radius 2 is 1.94 bits per heavy atom. The van der Waals surface area contributed by atoms with Crippen molar-refractivity contribution < 1.29 is 14.4 Å². The molecule has 0 unspecified atom stereocenters. The molecule has 0 bridgehead atoms. The lowest BCUT2D eigenvalue weighted by molar-refractivity contribution is -0.118. The number of hydrogen-bond donors (Lipinski definition) is 1. The molecule has 0 saturated heterocycles. The van der Waals surface area contributed by atoms with Gasteiger partial charge in [-0.3, -0.25) is 4.84 Å². The fourth-order valence-electron chi connectivity index (χ4n) is 1.31. The van der Waals surface area contributed by atoms with E-state index in [-0.39, 0.29) is 5.57 Å². The van der Waals surface area contributed by atoms with Crippen LogP contribution in [0.4, 0.5) is 0 Å². The van der Waals surface area contributed by atoms with Crippen molar-refractivity contribution in [2.24, 2.45) is 0 Å². The predicted octanol–water partition coefficient (Wildman–Crippen LogP) is 1.79. The van der Waals surface area contributed by atoms with Crippen LogP contribution in [-0.4, -0.2) is 23.9 Å². The summed E-state index contributed by atoms with van der Waals surface area (Å²) in [5.41, 5.74) is 3.02. The molecule has 0 aliphatic rings. The third kappa shape index (κ3) is 4.26. The zero-order valence-corrected chi connectivity index (χ0v) is 10.8. The Kier molecular flexibility index (Phi) is 4.98. The molecule has 0 radical (unpaired) electrons. The minimum absolute atomic E-state index is 0.231. The summed E-state index contributed by atoms with van der Waals surface area (Å²) in [5.74, 6) is 1.80. The maximum Gasteiger partial charge on any atom is 0.144 e. The highest BCUT2D eigenvalue weighted by atomic mass is 16.7. The number of nitrogens with one attached hydrogen (secondary N) is 1. The molecule has 96 valence electrons. The lowest BCUT2D eigenvalue weighted by atomic mass is 10.0. The number of rotatable bonds is 5. The second-order valence-corrected chi connectivity index (χ2v) is 4.83. The predicted molar refractivity (Wildman–Crippen MR) is 69.4 cm³/mol. The molecule has 0 fully saturated rings. The molecule has 1 rings (SSSR count). The van der Waals surface area contributed by atoms with Gasteiger partial charge in [-0.25, -0.2) is 4.79 Å². The standard InChI is InChI=1S/C14H17NO3/c1-14(2,3)18-15-13(10-17)12(9-16)11-7-5-4-6-8-11/h4-8,10,13,15H,1-3H3/t13-/m1/s1. The van der Waals surface area contributed by atoms with Crippen LogP contribution in [0.1, 0.15) is 26.3 Å². The molecule has 4 nitrogen and oxygen atoms in total. The first kappa shape index (κ1) is 14.3. The molecule has 0 spiro atoms. The summed E-state index contributed by atoms with van der Waals surface area (Å²) < 4.78 is 0. The summed E-state index contributed by atoms with van der Waals surface area (Å²) in [5, 5.41) is 0. The maximum absolute atomic E-state index is 11.1. The molecule has 1 N–H and O–H groups in total. The molecular formula is C14H17NO3. The lowest BCUT2D eigenvalue weighted by Gasteiger charge is -2.22. The van der Waals surface area contributed by atoms with Gasteiger partial charge in [0.1, 0.15) is 18.3 Å². The van der Waals surface area contributed by atoms with Gasteiger partial charge in [0, 0.05) is 0 Å². The van der Waals surface area contributed by atoms with Crippen molar-refractivity contribution in [3.05, 3.63) is 35.9 Å². The highest BCUT2D eigenvalue weighted by Crippen LogP contribution is 2.15. The van der Waals surface area contributed by atoms with Crippen LogP contribution in [0.15, 0.2) is 30.3 Å². The van der Waals surface area contributed by atoms with E-state index in [1.807, 2.05) is 26.8 Å². The third-order valence-corrected chi connectivity index (χ3v) is 2.13. The Balaban J connectivity index is 2.87. The van der Waals surface area contributed by atoms with Gasteiger partial charge in [-0.2, -0.15) is 5.48 Å². The minimum Gasteiger partial charge on any atom is -0.301 e. The largest absolute Gasteiger partial charge is 0.301 e. The lowest BCUT2D eigenvalue weighted by Crippen LogP contribution is -2.38. The normalized spacial score (nSPS) is 12.6. The van der Waals surface area contributed by atoms with Gasteiger partial charge in [0.05, 0.1) is 11.2 Å². The van der Waals surface area contributed by atoms with Crippen molar-refractivity contribution in [2.75, 3.05) is 0 Å². The first-order valence-electron chi connectivity index (χ1n) is 5.67. The Bertz CT molecular complexity index is 442. The van der Waals surface area contributed by atoms with Gasteiger partial charge in [-0.1, -0.05) is 30.3 Å². The topological polar surface area (TPSA) is 55.4 Å². The van der Waals surface area contributed by atoms with E-state index in [4.69, 9.17) is 4.84 Å². The van der Waals surface area contributed by atoms with Crippen LogP contribution in [0.5, 0.6) is 0 Å². The zero-order chi connectivity index (χ0) is 13.6. The number of benzene rings is 1. The van der Waals surface area contributed by atoms with Gasteiger partial charge < -0.3 is 4.79 Å². The molecule has 4 heteroatoms. The van der Waals surface area contributed by atoms with Crippen molar-refractivity contribution in [1.29, 1.82) is 0 Å². The molecule has 0 aromatic heterocycles. The van der Waals surface area contributed by atoms with Crippen LogP contribution in [-0.2, 0) is 14.4 Å². The van der Waals surface area contributed by atoms with E-state index in [0.29, 0.717) is 11.8 Å². The average Bonchev–Trinajstić information content (AvgIpc) is 2.34. The van der Waals surface area contributed by atoms with Crippen LogP contribution >= 0.6 is 0 Å². The number of carbonyl (C=O) groups excluding carboxylic acids is 2. The summed E-state index contributed by atoms with van der Waals surface area (Å²) >= 11 is 0. The zero-order valence-electron chi connectivity index (χ0n) is 10.8. The van der Waals surface area contributed by atoms with Gasteiger partial charge in [-0.15, -0.1) is 0 Å². The molecule has 0 heterocycles. The smallest absolute Gasteiger partial charge is 0.144 e. The molecule has 0 aliphatic carbocycles. The Labute approximate surface area is 107 Å². The summed E-state index contributed by atoms with van der Waals surface area (Å²) in [4.78, 5) is 27.4. The molecule has 0 aliphatic heterocycles. The maximum atomic E-state index is 11.1. The number of carbonyl (C=O) groups is 1. The van der Waals surface area contributed by atoms with Gasteiger partial charge in [0.15, 0.2) is 0 Å². The van der Waals surface area contributed by atoms with Crippen LogP contribution in [0.25, 0.3) is 5.57 Å². The van der Waals surface area contributed by atoms with Crippen molar-refractivity contribution in [2.45, 2.75) is 32.4 Å². The van der Waals surface area contributed by atoms with Crippen LogP contribution in [0.3, 0.4) is 0 Å². The summed E-state index contributed by atoms with van der Waals surface area (Å²) in [6, 6.07) is 8.08. The average molecular weight is 247 g/mol. The van der Waals surface area contributed by atoms with Crippen molar-refractivity contribution >= 4 is 17.8 Å². The molecule has 1 aromatic carbocycles. The van der Waals surface area contributed by atoms with Crippen molar-refractivity contribution in [1.82, 2.24) is 5.48 Å². The highest BCUT2D eigenvalue weighted by Gasteiger charge is 2.20. The Morgan fingerprint density at radius 3 is 2.39 bits per heavy atom. The monoisotopic (exact) mass is 247 g/mol. The van der Waals surface area contributed by atoms with Gasteiger partial charge in [-0.05, 0) is 26.3 Å². The number of aldehydes is 1. The Morgan fingerprint density at radius 1 is 1.33 bits per heavy atom. The summed E-state index contributed by atoms with van der Waals surface area (Å²) in [6.07, 6.45) is 0.624. The summed E-state index contributed by atoms with van der Waals surface area (Å²) in [7, 11) is 0. The molecule has 1 aromatic rings. The second kappa shape index (κ2) is 6.26. The van der Waals surface area contributed by atoms with E-state index in [1.54, 1.807) is 30.2 Å². The van der Waals surface area contributed by atoms with Crippen LogP contribution in [0.2, 0.25) is 0 Å². The van der Waals surface area contributed by atoms with Crippen LogP contribution < -0.4 is 5.48 Å². The summed E-state index contributed by atoms with van der Waals surface area (Å²) in [6.45, 7) is 5.53. The van der Waals surface area contributed by atoms with E-state index < -0.39 is 11.6 Å². The van der Waals surface area contributed by atoms with Crippen molar-refractivity contribution in [3.63, 3.8) is 0 Å². The molecule has 18 heavy (non-hydrogen) atoms. The van der Waals surface area contributed by atoms with Crippen LogP contribution in [0, 0.1) is 0 Å². The molecule has 1 atom stereocenters. The van der Waals surface area contributed by atoms with E-state index >= 15 is 0 Å². The van der Waals surface area contributed by atoms with E-state index in [9.17, 15) is 9.59 Å². The Hall–Kier alpha value is -1.74. The molecular weight excluding hydrogens is 230 g/mol. The molecule has 0 amide bonds. The van der Waals surface area contributed by atoms with E-state index in [2.05, 4.69) is 5.48 Å². The van der Waals surface area contributed by atoms with Gasteiger partial charge in [0.25, 0.3) is 0 Å².